The molecule has 0 aliphatic heterocycles. The minimum absolute atomic E-state index is 0.636. The summed E-state index contributed by atoms with van der Waals surface area (Å²) >= 11 is 0. The van der Waals surface area contributed by atoms with Gasteiger partial charge in [0.25, 0.3) is 0 Å². The van der Waals surface area contributed by atoms with E-state index in [9.17, 15) is 4.79 Å². The van der Waals surface area contributed by atoms with Crippen LogP contribution >= 0.6 is 0 Å². The van der Waals surface area contributed by atoms with Gasteiger partial charge < -0.3 is 0 Å². The number of H-pyrrole nitrogens is 1. The first-order valence-corrected chi connectivity index (χ1v) is 5.89. The summed E-state index contributed by atoms with van der Waals surface area (Å²) in [6.07, 6.45) is 6.38. The second-order valence-electron chi connectivity index (χ2n) is 4.12. The third-order valence-corrected chi connectivity index (χ3v) is 2.85. The number of pyridine rings is 1. The number of aromatic amines is 1. The van der Waals surface area contributed by atoms with Crippen molar-refractivity contribution in [2.75, 3.05) is 0 Å². The first kappa shape index (κ1) is 11.3. The van der Waals surface area contributed by atoms with E-state index in [0.29, 0.717) is 5.56 Å². The number of carbonyl (C=O) groups excluding carboxylic acids is 1. The molecule has 3 aromatic rings. The van der Waals surface area contributed by atoms with Gasteiger partial charge in [-0.2, -0.15) is 5.10 Å². The fourth-order valence-electron chi connectivity index (χ4n) is 1.90. The lowest BCUT2D eigenvalue weighted by Gasteiger charge is -1.92. The topological polar surface area (TPSA) is 58.6 Å². The third kappa shape index (κ3) is 2.28. The van der Waals surface area contributed by atoms with E-state index in [-0.39, 0.29) is 0 Å². The van der Waals surface area contributed by atoms with Crippen molar-refractivity contribution < 1.29 is 4.79 Å². The maximum atomic E-state index is 10.7. The molecular weight excluding hydrogens is 238 g/mol. The molecule has 0 amide bonds. The first-order chi connectivity index (χ1) is 9.36. The summed E-state index contributed by atoms with van der Waals surface area (Å²) in [5.41, 5.74) is 3.20. The van der Waals surface area contributed by atoms with E-state index in [2.05, 4.69) is 15.2 Å². The maximum absolute atomic E-state index is 10.7. The summed E-state index contributed by atoms with van der Waals surface area (Å²) in [4.78, 5) is 14.9. The molecule has 19 heavy (non-hydrogen) atoms. The lowest BCUT2D eigenvalue weighted by Crippen LogP contribution is -1.79. The molecule has 92 valence electrons. The van der Waals surface area contributed by atoms with Gasteiger partial charge in [-0.05, 0) is 36.4 Å². The summed E-state index contributed by atoms with van der Waals surface area (Å²) in [5.74, 6) is 0. The van der Waals surface area contributed by atoms with Gasteiger partial charge in [0.2, 0.25) is 0 Å². The Bertz CT molecular complexity index is 744. The molecule has 0 saturated heterocycles. The largest absolute Gasteiger partial charge is 0.298 e. The van der Waals surface area contributed by atoms with Gasteiger partial charge in [0.1, 0.15) is 6.29 Å². The normalized spacial score (nSPS) is 11.2. The van der Waals surface area contributed by atoms with E-state index in [1.807, 2.05) is 36.4 Å². The molecule has 1 aromatic carbocycles. The number of nitrogens with zero attached hydrogens (tertiary/aromatic N) is 2. The minimum atomic E-state index is 0.636. The number of rotatable bonds is 3. The smallest absolute Gasteiger partial charge is 0.150 e. The second kappa shape index (κ2) is 4.86. The van der Waals surface area contributed by atoms with Crippen LogP contribution in [0.2, 0.25) is 0 Å². The Labute approximate surface area is 109 Å². The van der Waals surface area contributed by atoms with E-state index in [4.69, 9.17) is 0 Å². The molecule has 0 fully saturated rings. The molecule has 0 bridgehead atoms. The van der Waals surface area contributed by atoms with Crippen molar-refractivity contribution in [2.45, 2.75) is 0 Å². The number of hydrogen-bond acceptors (Lipinski definition) is 3. The summed E-state index contributed by atoms with van der Waals surface area (Å²) in [7, 11) is 0. The van der Waals surface area contributed by atoms with E-state index < -0.39 is 0 Å². The van der Waals surface area contributed by atoms with Gasteiger partial charge in [0, 0.05) is 17.1 Å². The Kier molecular flexibility index (Phi) is 2.90. The molecule has 0 saturated carbocycles. The molecule has 4 heteroatoms. The highest BCUT2D eigenvalue weighted by Gasteiger charge is 2.03. The zero-order chi connectivity index (χ0) is 13.1. The molecular formula is C15H11N3O. The predicted octanol–water partition coefficient (Wildman–Crippen LogP) is 2.94. The van der Waals surface area contributed by atoms with E-state index >= 15 is 0 Å². The standard InChI is InChI=1S/C15H11N3O/c19-10-11-4-6-13-14(17-18-15(13)9-11)7-5-12-3-1-2-8-16-12/h1-10H,(H,17,18). The number of fused-ring (bicyclic) bond motifs is 1. The summed E-state index contributed by atoms with van der Waals surface area (Å²) < 4.78 is 0. The number of hydrogen-bond donors (Lipinski definition) is 1. The molecule has 0 aliphatic carbocycles. The highest BCUT2D eigenvalue weighted by atomic mass is 16.1. The van der Waals surface area contributed by atoms with Crippen molar-refractivity contribution in [1.29, 1.82) is 0 Å². The highest BCUT2D eigenvalue weighted by Crippen LogP contribution is 2.18. The lowest BCUT2D eigenvalue weighted by molar-refractivity contribution is 0.112. The molecule has 0 spiro atoms. The van der Waals surface area contributed by atoms with Gasteiger partial charge in [-0.15, -0.1) is 0 Å². The summed E-state index contributed by atoms with van der Waals surface area (Å²) in [6.45, 7) is 0. The van der Waals surface area contributed by atoms with Gasteiger partial charge in [-0.1, -0.05) is 12.1 Å². The average molecular weight is 249 g/mol. The molecule has 1 N–H and O–H groups in total. The van der Waals surface area contributed by atoms with Crippen LogP contribution in [0.4, 0.5) is 0 Å². The molecule has 3 rings (SSSR count). The fourth-order valence-corrected chi connectivity index (χ4v) is 1.90. The number of aldehydes is 1. The Hall–Kier alpha value is -2.75. The zero-order valence-corrected chi connectivity index (χ0v) is 10.1. The van der Waals surface area contributed by atoms with Crippen LogP contribution in [-0.4, -0.2) is 21.5 Å². The van der Waals surface area contributed by atoms with Gasteiger partial charge in [-0.3, -0.25) is 14.9 Å². The Morgan fingerprint density at radius 1 is 1.11 bits per heavy atom. The van der Waals surface area contributed by atoms with Crippen molar-refractivity contribution in [3.05, 3.63) is 59.5 Å². The van der Waals surface area contributed by atoms with E-state index in [1.54, 1.807) is 18.3 Å². The predicted molar refractivity (Wildman–Crippen MR) is 74.6 cm³/mol. The van der Waals surface area contributed by atoms with E-state index in [1.165, 1.54) is 0 Å². The lowest BCUT2D eigenvalue weighted by atomic mass is 10.1. The van der Waals surface area contributed by atoms with E-state index in [0.717, 1.165) is 28.6 Å². The van der Waals surface area contributed by atoms with Crippen molar-refractivity contribution in [3.63, 3.8) is 0 Å². The molecule has 4 nitrogen and oxygen atoms in total. The Morgan fingerprint density at radius 2 is 2.05 bits per heavy atom. The van der Waals surface area contributed by atoms with Crippen LogP contribution < -0.4 is 0 Å². The van der Waals surface area contributed by atoms with Gasteiger partial charge in [0.05, 0.1) is 16.9 Å². The van der Waals surface area contributed by atoms with Crippen LogP contribution in [0.25, 0.3) is 23.1 Å². The fraction of sp³-hybridized carbons (Fsp3) is 0. The Balaban J connectivity index is 1.98. The first-order valence-electron chi connectivity index (χ1n) is 5.89. The molecule has 2 aromatic heterocycles. The quantitative estimate of drug-likeness (QED) is 0.726. The van der Waals surface area contributed by atoms with Crippen molar-refractivity contribution in [2.24, 2.45) is 0 Å². The highest BCUT2D eigenvalue weighted by molar-refractivity contribution is 5.92. The van der Waals surface area contributed by atoms with Crippen molar-refractivity contribution in [1.82, 2.24) is 15.2 Å². The molecule has 0 atom stereocenters. The van der Waals surface area contributed by atoms with Gasteiger partial charge >= 0.3 is 0 Å². The van der Waals surface area contributed by atoms with Crippen molar-refractivity contribution >= 4 is 29.3 Å². The third-order valence-electron chi connectivity index (χ3n) is 2.85. The van der Waals surface area contributed by atoms with Crippen LogP contribution in [-0.2, 0) is 0 Å². The van der Waals surface area contributed by atoms with Crippen LogP contribution in [0.15, 0.2) is 42.6 Å². The molecule has 0 unspecified atom stereocenters. The van der Waals surface area contributed by atoms with Crippen LogP contribution in [0.5, 0.6) is 0 Å². The monoisotopic (exact) mass is 249 g/mol. The average Bonchev–Trinajstić information content (AvgIpc) is 2.88. The summed E-state index contributed by atoms with van der Waals surface area (Å²) in [6, 6.07) is 11.2. The van der Waals surface area contributed by atoms with Gasteiger partial charge in [-0.25, -0.2) is 0 Å². The van der Waals surface area contributed by atoms with Gasteiger partial charge in [0.15, 0.2) is 0 Å². The SMILES string of the molecule is O=Cc1ccc2c(C=Cc3ccccn3)n[nH]c2c1. The molecule has 0 aliphatic rings. The molecule has 0 radical (unpaired) electrons. The second-order valence-corrected chi connectivity index (χ2v) is 4.12. The number of nitrogens with one attached hydrogen (secondary N) is 1. The van der Waals surface area contributed by atoms with Crippen LogP contribution in [0, 0.1) is 0 Å². The van der Waals surface area contributed by atoms with Crippen LogP contribution in [0.3, 0.4) is 0 Å². The summed E-state index contributed by atoms with van der Waals surface area (Å²) in [5, 5.41) is 8.13. The maximum Gasteiger partial charge on any atom is 0.150 e. The number of benzene rings is 1. The number of carbonyl (C=O) groups is 1. The number of aromatic nitrogens is 3. The van der Waals surface area contributed by atoms with Crippen LogP contribution in [0.1, 0.15) is 21.7 Å². The van der Waals surface area contributed by atoms with Crippen molar-refractivity contribution in [3.8, 4) is 0 Å². The molecule has 2 heterocycles. The Morgan fingerprint density at radius 3 is 2.84 bits per heavy atom. The minimum Gasteiger partial charge on any atom is -0.298 e. The zero-order valence-electron chi connectivity index (χ0n) is 10.1.